The zero-order chi connectivity index (χ0) is 15.7. The summed E-state index contributed by atoms with van der Waals surface area (Å²) in [6.45, 7) is 0.955. The van der Waals surface area contributed by atoms with Gasteiger partial charge in [-0.3, -0.25) is 9.69 Å². The molecule has 1 aromatic rings. The Labute approximate surface area is 129 Å². The second kappa shape index (κ2) is 5.81. The quantitative estimate of drug-likeness (QED) is 0.866. The van der Waals surface area contributed by atoms with E-state index in [4.69, 9.17) is 5.11 Å². The van der Waals surface area contributed by atoms with Gasteiger partial charge in [0.1, 0.15) is 0 Å². The first kappa shape index (κ1) is 14.6. The Kier molecular flexibility index (Phi) is 3.85. The summed E-state index contributed by atoms with van der Waals surface area (Å²) in [7, 11) is 1.68. The molecule has 0 aromatic heterocycles. The van der Waals surface area contributed by atoms with E-state index in [-0.39, 0.29) is 18.5 Å². The molecule has 3 rings (SSSR count). The molecule has 2 heterocycles. The van der Waals surface area contributed by atoms with Crippen molar-refractivity contribution in [1.82, 2.24) is 15.1 Å². The third-order valence-corrected chi connectivity index (χ3v) is 4.15. The second-order valence-electron chi connectivity index (χ2n) is 5.52. The highest BCUT2D eigenvalue weighted by atomic mass is 16.3. The van der Waals surface area contributed by atoms with Gasteiger partial charge in [-0.1, -0.05) is 30.3 Å². The Morgan fingerprint density at radius 3 is 2.68 bits per heavy atom. The fraction of sp³-hybridized carbons (Fsp3) is 0.375. The standard InChI is InChI=1S/C16H19N3O3/c1-18-12-10-19(8-5-9-20)15(21)13(12)14(17-16(18)22)11-6-3-2-4-7-11/h2-4,6-7,14,20H,5,8-10H2,1H3,(H,17,22)/t14-/m1/s1. The maximum atomic E-state index is 12.7. The molecule has 116 valence electrons. The number of nitrogens with zero attached hydrogens (tertiary/aromatic N) is 2. The number of rotatable bonds is 4. The van der Waals surface area contributed by atoms with Gasteiger partial charge in [-0.2, -0.15) is 0 Å². The lowest BCUT2D eigenvalue weighted by Crippen LogP contribution is -2.45. The predicted octanol–water partition coefficient (Wildman–Crippen LogP) is 0.861. The zero-order valence-electron chi connectivity index (χ0n) is 12.5. The lowest BCUT2D eigenvalue weighted by atomic mass is 9.96. The van der Waals surface area contributed by atoms with Crippen LogP contribution in [-0.2, 0) is 4.79 Å². The molecule has 2 N–H and O–H groups in total. The summed E-state index contributed by atoms with van der Waals surface area (Å²) >= 11 is 0. The third kappa shape index (κ3) is 2.35. The first-order valence-electron chi connectivity index (χ1n) is 7.36. The Morgan fingerprint density at radius 2 is 2.00 bits per heavy atom. The molecule has 0 saturated carbocycles. The number of benzene rings is 1. The van der Waals surface area contributed by atoms with Gasteiger partial charge in [-0.25, -0.2) is 4.79 Å². The zero-order valence-corrected chi connectivity index (χ0v) is 12.5. The largest absolute Gasteiger partial charge is 0.396 e. The average Bonchev–Trinajstić information content (AvgIpc) is 2.87. The molecule has 0 bridgehead atoms. The van der Waals surface area contributed by atoms with Crippen molar-refractivity contribution >= 4 is 11.9 Å². The summed E-state index contributed by atoms with van der Waals surface area (Å²) in [6, 6.07) is 8.89. The fourth-order valence-electron chi connectivity index (χ4n) is 2.96. The van der Waals surface area contributed by atoms with Crippen molar-refractivity contribution < 1.29 is 14.7 Å². The summed E-state index contributed by atoms with van der Waals surface area (Å²) in [5.41, 5.74) is 2.28. The van der Waals surface area contributed by atoms with Gasteiger partial charge >= 0.3 is 6.03 Å². The monoisotopic (exact) mass is 301 g/mol. The highest BCUT2D eigenvalue weighted by Gasteiger charge is 2.42. The minimum Gasteiger partial charge on any atom is -0.396 e. The molecule has 22 heavy (non-hydrogen) atoms. The number of likely N-dealkylation sites (N-methyl/N-ethyl adjacent to an activating group) is 1. The third-order valence-electron chi connectivity index (χ3n) is 4.15. The molecule has 3 amide bonds. The summed E-state index contributed by atoms with van der Waals surface area (Å²) in [6.07, 6.45) is 0.535. The maximum Gasteiger partial charge on any atom is 0.322 e. The number of urea groups is 1. The number of carbonyl (C=O) groups is 2. The predicted molar refractivity (Wildman–Crippen MR) is 80.8 cm³/mol. The SMILES string of the molecule is CN1C(=O)N[C@H](c2ccccc2)C2=C1CN(CCCO)C2=O. The maximum absolute atomic E-state index is 12.7. The number of amides is 3. The Bertz CT molecular complexity index is 627. The van der Waals surface area contributed by atoms with Crippen LogP contribution in [0.4, 0.5) is 4.79 Å². The fourth-order valence-corrected chi connectivity index (χ4v) is 2.96. The van der Waals surface area contributed by atoms with Crippen LogP contribution in [0.15, 0.2) is 41.6 Å². The average molecular weight is 301 g/mol. The van der Waals surface area contributed by atoms with E-state index in [9.17, 15) is 9.59 Å². The van der Waals surface area contributed by atoms with E-state index in [1.54, 1.807) is 11.9 Å². The van der Waals surface area contributed by atoms with Crippen molar-refractivity contribution in [1.29, 1.82) is 0 Å². The minimum absolute atomic E-state index is 0.0452. The first-order valence-corrected chi connectivity index (χ1v) is 7.36. The van der Waals surface area contributed by atoms with Crippen LogP contribution in [0.5, 0.6) is 0 Å². The molecule has 6 heteroatoms. The second-order valence-corrected chi connectivity index (χ2v) is 5.52. The molecule has 0 unspecified atom stereocenters. The molecular formula is C16H19N3O3. The molecule has 1 aromatic carbocycles. The minimum atomic E-state index is -0.411. The van der Waals surface area contributed by atoms with Crippen LogP contribution in [0.25, 0.3) is 0 Å². The highest BCUT2D eigenvalue weighted by Crippen LogP contribution is 2.35. The molecule has 0 spiro atoms. The van der Waals surface area contributed by atoms with Crippen LogP contribution in [0.1, 0.15) is 18.0 Å². The molecule has 0 aliphatic carbocycles. The molecule has 2 aliphatic heterocycles. The Hall–Kier alpha value is -2.34. The van der Waals surface area contributed by atoms with E-state index >= 15 is 0 Å². The van der Waals surface area contributed by atoms with E-state index in [1.165, 1.54) is 4.90 Å². The first-order chi connectivity index (χ1) is 10.6. The Balaban J connectivity index is 1.96. The van der Waals surface area contributed by atoms with Crippen molar-refractivity contribution in [2.45, 2.75) is 12.5 Å². The molecule has 6 nitrogen and oxygen atoms in total. The molecule has 1 atom stereocenters. The van der Waals surface area contributed by atoms with Gasteiger partial charge < -0.3 is 15.3 Å². The highest BCUT2D eigenvalue weighted by molar-refractivity contribution is 6.01. The molecule has 0 saturated heterocycles. The van der Waals surface area contributed by atoms with Crippen molar-refractivity contribution in [3.05, 3.63) is 47.2 Å². The van der Waals surface area contributed by atoms with Crippen molar-refractivity contribution in [3.63, 3.8) is 0 Å². The van der Waals surface area contributed by atoms with Gasteiger partial charge in [0, 0.05) is 20.2 Å². The molecule has 0 radical (unpaired) electrons. The van der Waals surface area contributed by atoms with E-state index in [0.29, 0.717) is 25.1 Å². The number of hydrogen-bond donors (Lipinski definition) is 2. The number of aliphatic hydroxyl groups is 1. The van der Waals surface area contributed by atoms with E-state index in [2.05, 4.69) is 5.32 Å². The number of aliphatic hydroxyl groups excluding tert-OH is 1. The summed E-state index contributed by atoms with van der Waals surface area (Å²) in [5.74, 6) is -0.0656. The van der Waals surface area contributed by atoms with Crippen LogP contribution in [0.3, 0.4) is 0 Å². The Morgan fingerprint density at radius 1 is 1.27 bits per heavy atom. The van der Waals surface area contributed by atoms with Gasteiger partial charge in [0.2, 0.25) is 0 Å². The van der Waals surface area contributed by atoms with Gasteiger partial charge in [-0.05, 0) is 12.0 Å². The number of carbonyl (C=O) groups excluding carboxylic acids is 2. The number of nitrogens with one attached hydrogen (secondary N) is 1. The van der Waals surface area contributed by atoms with Crippen LogP contribution in [0, 0.1) is 0 Å². The topological polar surface area (TPSA) is 72.9 Å². The van der Waals surface area contributed by atoms with Crippen molar-refractivity contribution in [2.75, 3.05) is 26.7 Å². The normalized spacial score (nSPS) is 21.3. The van der Waals surface area contributed by atoms with E-state index < -0.39 is 6.04 Å². The molecule has 2 aliphatic rings. The molecular weight excluding hydrogens is 282 g/mol. The van der Waals surface area contributed by atoms with Gasteiger partial charge in [0.05, 0.1) is 23.9 Å². The van der Waals surface area contributed by atoms with Crippen LogP contribution < -0.4 is 5.32 Å². The van der Waals surface area contributed by atoms with Crippen molar-refractivity contribution in [3.8, 4) is 0 Å². The van der Waals surface area contributed by atoms with Crippen molar-refractivity contribution in [2.24, 2.45) is 0 Å². The van der Waals surface area contributed by atoms with Gasteiger partial charge in [-0.15, -0.1) is 0 Å². The number of hydrogen-bond acceptors (Lipinski definition) is 3. The van der Waals surface area contributed by atoms with E-state index in [1.807, 2.05) is 30.3 Å². The van der Waals surface area contributed by atoms with E-state index in [0.717, 1.165) is 11.3 Å². The van der Waals surface area contributed by atoms with Gasteiger partial charge in [0.25, 0.3) is 5.91 Å². The lowest BCUT2D eigenvalue weighted by molar-refractivity contribution is -0.125. The smallest absolute Gasteiger partial charge is 0.322 e. The van der Waals surface area contributed by atoms with Crippen LogP contribution in [-0.4, -0.2) is 53.6 Å². The summed E-state index contributed by atoms with van der Waals surface area (Å²) < 4.78 is 0. The molecule has 0 fully saturated rings. The van der Waals surface area contributed by atoms with Crippen LogP contribution >= 0.6 is 0 Å². The summed E-state index contributed by atoms with van der Waals surface area (Å²) in [4.78, 5) is 28.0. The van der Waals surface area contributed by atoms with Crippen LogP contribution in [0.2, 0.25) is 0 Å². The summed E-state index contributed by atoms with van der Waals surface area (Å²) in [5, 5.41) is 11.9. The van der Waals surface area contributed by atoms with Gasteiger partial charge in [0.15, 0.2) is 0 Å². The lowest BCUT2D eigenvalue weighted by Gasteiger charge is -2.31.